The number of carboxylic acids is 1. The van der Waals surface area contributed by atoms with Crippen LogP contribution in [0.1, 0.15) is 30.0 Å². The minimum Gasteiger partial charge on any atom is -0.481 e. The summed E-state index contributed by atoms with van der Waals surface area (Å²) in [4.78, 5) is 25.3. The highest BCUT2D eigenvalue weighted by molar-refractivity contribution is 5.77. The van der Waals surface area contributed by atoms with Crippen molar-refractivity contribution in [3.05, 3.63) is 47.5 Å². The van der Waals surface area contributed by atoms with Crippen LogP contribution in [0.2, 0.25) is 0 Å². The molecule has 0 saturated carbocycles. The van der Waals surface area contributed by atoms with E-state index < -0.39 is 5.97 Å². The summed E-state index contributed by atoms with van der Waals surface area (Å²) < 4.78 is 13.2. The predicted molar refractivity (Wildman–Crippen MR) is 86.2 cm³/mol. The first kappa shape index (κ1) is 17.1. The van der Waals surface area contributed by atoms with Crippen molar-refractivity contribution in [2.45, 2.75) is 25.2 Å². The molecule has 2 aromatic rings. The largest absolute Gasteiger partial charge is 0.481 e. The van der Waals surface area contributed by atoms with Gasteiger partial charge in [-0.15, -0.1) is 0 Å². The van der Waals surface area contributed by atoms with Crippen LogP contribution >= 0.6 is 0 Å². The molecule has 1 aliphatic rings. The van der Waals surface area contributed by atoms with Crippen LogP contribution in [0.15, 0.2) is 30.5 Å². The number of likely N-dealkylation sites (tertiary alicyclic amines) is 1. The fourth-order valence-corrected chi connectivity index (χ4v) is 3.33. The molecule has 25 heavy (non-hydrogen) atoms. The van der Waals surface area contributed by atoms with Crippen LogP contribution in [0.4, 0.5) is 4.39 Å². The summed E-state index contributed by atoms with van der Waals surface area (Å²) in [7, 11) is 0. The molecule has 132 valence electrons. The van der Waals surface area contributed by atoms with E-state index in [9.17, 15) is 14.0 Å². The molecule has 7 nitrogen and oxygen atoms in total. The van der Waals surface area contributed by atoms with E-state index in [4.69, 9.17) is 5.11 Å². The lowest BCUT2D eigenvalue weighted by molar-refractivity contribution is -0.138. The van der Waals surface area contributed by atoms with Crippen molar-refractivity contribution in [2.24, 2.45) is 5.92 Å². The van der Waals surface area contributed by atoms with Gasteiger partial charge in [-0.1, -0.05) is 12.1 Å². The fourth-order valence-electron chi connectivity index (χ4n) is 3.33. The first-order valence-electron chi connectivity index (χ1n) is 8.12. The molecule has 0 spiro atoms. The van der Waals surface area contributed by atoms with Crippen molar-refractivity contribution in [3.8, 4) is 0 Å². The van der Waals surface area contributed by atoms with Gasteiger partial charge in [-0.05, 0) is 30.0 Å². The van der Waals surface area contributed by atoms with Crippen molar-refractivity contribution in [1.29, 1.82) is 0 Å². The Labute approximate surface area is 143 Å². The molecule has 1 fully saturated rings. The van der Waals surface area contributed by atoms with Gasteiger partial charge < -0.3 is 10.0 Å². The van der Waals surface area contributed by atoms with Gasteiger partial charge in [0.25, 0.3) is 0 Å². The number of aryl methyl sites for hydroxylation is 1. The highest BCUT2D eigenvalue weighted by Crippen LogP contribution is 2.33. The number of aliphatic carboxylic acids is 1. The van der Waals surface area contributed by atoms with Crippen LogP contribution < -0.4 is 0 Å². The highest BCUT2D eigenvalue weighted by Gasteiger charge is 2.38. The maximum atomic E-state index is 13.2. The van der Waals surface area contributed by atoms with Crippen molar-refractivity contribution >= 4 is 11.9 Å². The van der Waals surface area contributed by atoms with E-state index in [-0.39, 0.29) is 36.4 Å². The van der Waals surface area contributed by atoms with Gasteiger partial charge in [-0.2, -0.15) is 15.4 Å². The molecule has 1 aromatic carbocycles. The number of halogens is 1. The van der Waals surface area contributed by atoms with E-state index in [1.54, 1.807) is 23.2 Å². The standard InChI is InChI=1S/C17H19FN4O3/c18-13-3-1-2-11(6-13)4-5-16(23)22-9-12(7-17(24)25)14(10-22)15-8-19-21-20-15/h1-3,6,8,12,14H,4-5,7,9-10H2,(H,24,25)(H,19,20,21)/t12-,14+/m0/s1. The van der Waals surface area contributed by atoms with Gasteiger partial charge in [-0.25, -0.2) is 4.39 Å². The third-order valence-corrected chi connectivity index (χ3v) is 4.56. The summed E-state index contributed by atoms with van der Waals surface area (Å²) in [6.45, 7) is 0.804. The molecule has 0 aliphatic carbocycles. The van der Waals surface area contributed by atoms with Crippen molar-refractivity contribution in [2.75, 3.05) is 13.1 Å². The first-order chi connectivity index (χ1) is 12.0. The highest BCUT2D eigenvalue weighted by atomic mass is 19.1. The molecule has 2 atom stereocenters. The molecule has 2 heterocycles. The molecule has 0 radical (unpaired) electrons. The molecular formula is C17H19FN4O3. The number of H-pyrrole nitrogens is 1. The van der Waals surface area contributed by atoms with Crippen LogP contribution in [-0.4, -0.2) is 50.4 Å². The molecule has 1 aromatic heterocycles. The number of carbonyl (C=O) groups excluding carboxylic acids is 1. The Morgan fingerprint density at radius 3 is 2.88 bits per heavy atom. The molecule has 0 bridgehead atoms. The summed E-state index contributed by atoms with van der Waals surface area (Å²) in [5, 5.41) is 19.5. The van der Waals surface area contributed by atoms with Crippen molar-refractivity contribution in [1.82, 2.24) is 20.3 Å². The van der Waals surface area contributed by atoms with E-state index in [2.05, 4.69) is 15.4 Å². The molecule has 0 unspecified atom stereocenters. The zero-order valence-electron chi connectivity index (χ0n) is 13.6. The summed E-state index contributed by atoms with van der Waals surface area (Å²) in [6.07, 6.45) is 2.26. The number of amides is 1. The minimum atomic E-state index is -0.896. The summed E-state index contributed by atoms with van der Waals surface area (Å²) in [6, 6.07) is 6.19. The van der Waals surface area contributed by atoms with Gasteiger partial charge in [0.15, 0.2) is 0 Å². The number of rotatable bonds is 6. The number of carboxylic acid groups (broad SMARTS) is 1. The normalized spacial score (nSPS) is 20.0. The van der Waals surface area contributed by atoms with E-state index >= 15 is 0 Å². The number of benzene rings is 1. The summed E-state index contributed by atoms with van der Waals surface area (Å²) in [5.74, 6) is -1.62. The van der Waals surface area contributed by atoms with Gasteiger partial charge in [-0.3, -0.25) is 9.59 Å². The number of aromatic nitrogens is 3. The maximum Gasteiger partial charge on any atom is 0.303 e. The maximum absolute atomic E-state index is 13.2. The number of hydrogen-bond donors (Lipinski definition) is 2. The average molecular weight is 346 g/mol. The molecule has 3 rings (SSSR count). The third-order valence-electron chi connectivity index (χ3n) is 4.56. The molecule has 1 aliphatic heterocycles. The third kappa shape index (κ3) is 4.20. The van der Waals surface area contributed by atoms with E-state index in [0.29, 0.717) is 25.2 Å². The second-order valence-electron chi connectivity index (χ2n) is 6.29. The second kappa shape index (κ2) is 7.42. The lowest BCUT2D eigenvalue weighted by atomic mass is 9.91. The summed E-state index contributed by atoms with van der Waals surface area (Å²) in [5.41, 5.74) is 1.44. The Morgan fingerprint density at radius 2 is 2.20 bits per heavy atom. The lowest BCUT2D eigenvalue weighted by Crippen LogP contribution is -2.29. The minimum absolute atomic E-state index is 0.0226. The van der Waals surface area contributed by atoms with Gasteiger partial charge in [0, 0.05) is 25.4 Å². The number of nitrogens with one attached hydrogen (secondary N) is 1. The topological polar surface area (TPSA) is 99.2 Å². The van der Waals surface area contributed by atoms with Crippen LogP contribution in [0.3, 0.4) is 0 Å². The van der Waals surface area contributed by atoms with Crippen LogP contribution in [0, 0.1) is 11.7 Å². The monoisotopic (exact) mass is 346 g/mol. The Kier molecular flexibility index (Phi) is 5.06. The Bertz CT molecular complexity index is 750. The van der Waals surface area contributed by atoms with Crippen LogP contribution in [0.5, 0.6) is 0 Å². The van der Waals surface area contributed by atoms with Crippen LogP contribution in [-0.2, 0) is 16.0 Å². The summed E-state index contributed by atoms with van der Waals surface area (Å²) >= 11 is 0. The van der Waals surface area contributed by atoms with E-state index in [0.717, 1.165) is 5.56 Å². The van der Waals surface area contributed by atoms with Crippen LogP contribution in [0.25, 0.3) is 0 Å². The smallest absolute Gasteiger partial charge is 0.303 e. The van der Waals surface area contributed by atoms with E-state index in [1.165, 1.54) is 12.1 Å². The first-order valence-corrected chi connectivity index (χ1v) is 8.12. The average Bonchev–Trinajstić information content (AvgIpc) is 3.21. The van der Waals surface area contributed by atoms with Crippen molar-refractivity contribution < 1.29 is 19.1 Å². The van der Waals surface area contributed by atoms with Crippen molar-refractivity contribution in [3.63, 3.8) is 0 Å². The zero-order valence-corrected chi connectivity index (χ0v) is 13.6. The molecular weight excluding hydrogens is 327 g/mol. The number of carbonyl (C=O) groups is 2. The second-order valence-corrected chi connectivity index (χ2v) is 6.29. The van der Waals surface area contributed by atoms with Gasteiger partial charge in [0.1, 0.15) is 5.82 Å². The molecule has 2 N–H and O–H groups in total. The van der Waals surface area contributed by atoms with E-state index in [1.807, 2.05) is 0 Å². The Morgan fingerprint density at radius 1 is 1.36 bits per heavy atom. The Balaban J connectivity index is 1.63. The number of nitrogens with zero attached hydrogens (tertiary/aromatic N) is 3. The van der Waals surface area contributed by atoms with Gasteiger partial charge in [0.2, 0.25) is 5.91 Å². The van der Waals surface area contributed by atoms with Gasteiger partial charge >= 0.3 is 5.97 Å². The Hall–Kier alpha value is -2.77. The SMILES string of the molecule is O=C(O)C[C@H]1CN(C(=O)CCc2cccc(F)c2)C[C@H]1c1cn[nH]n1. The molecule has 1 amide bonds. The molecule has 1 saturated heterocycles. The lowest BCUT2D eigenvalue weighted by Gasteiger charge is -2.16. The van der Waals surface area contributed by atoms with Gasteiger partial charge in [0.05, 0.1) is 18.3 Å². The fraction of sp³-hybridized carbons (Fsp3) is 0.412. The quantitative estimate of drug-likeness (QED) is 0.827. The number of hydrogen-bond acceptors (Lipinski definition) is 4. The number of aromatic amines is 1. The zero-order chi connectivity index (χ0) is 17.8. The molecule has 8 heteroatoms. The predicted octanol–water partition coefficient (Wildman–Crippen LogP) is 1.59.